The first-order chi connectivity index (χ1) is 11.5. The summed E-state index contributed by atoms with van der Waals surface area (Å²) in [6, 6.07) is 13.6. The summed E-state index contributed by atoms with van der Waals surface area (Å²) >= 11 is 0. The molecule has 0 aliphatic heterocycles. The molecule has 0 fully saturated rings. The molecule has 7 heteroatoms. The molecular formula is C17H13N3O3S. The topological polar surface area (TPSA) is 96.0 Å². The lowest BCUT2D eigenvalue weighted by atomic mass is 10.1. The van der Waals surface area contributed by atoms with E-state index >= 15 is 0 Å². The van der Waals surface area contributed by atoms with E-state index in [0.29, 0.717) is 16.9 Å². The molecule has 0 aliphatic carbocycles. The van der Waals surface area contributed by atoms with Crippen LogP contribution in [0.5, 0.6) is 0 Å². The molecule has 3 aromatic rings. The van der Waals surface area contributed by atoms with Crippen LogP contribution in [0.2, 0.25) is 0 Å². The number of pyridine rings is 1. The minimum absolute atomic E-state index is 0.149. The lowest BCUT2D eigenvalue weighted by Gasteiger charge is -2.11. The highest BCUT2D eigenvalue weighted by Crippen LogP contribution is 2.26. The Balaban J connectivity index is 1.96. The zero-order valence-corrected chi connectivity index (χ0v) is 13.5. The molecule has 2 heterocycles. The van der Waals surface area contributed by atoms with Gasteiger partial charge in [0.1, 0.15) is 6.07 Å². The van der Waals surface area contributed by atoms with E-state index < -0.39 is 10.0 Å². The molecule has 0 spiro atoms. The second-order valence-corrected chi connectivity index (χ2v) is 6.72. The molecule has 0 amide bonds. The van der Waals surface area contributed by atoms with Gasteiger partial charge in [-0.1, -0.05) is 12.1 Å². The highest BCUT2D eigenvalue weighted by atomic mass is 32.2. The summed E-state index contributed by atoms with van der Waals surface area (Å²) in [6.07, 6.45) is 2.78. The van der Waals surface area contributed by atoms with Gasteiger partial charge in [0.05, 0.1) is 23.2 Å². The third-order valence-corrected chi connectivity index (χ3v) is 4.68. The van der Waals surface area contributed by atoms with Gasteiger partial charge in [-0.05, 0) is 42.8 Å². The largest absolute Gasteiger partial charge is 0.451 e. The van der Waals surface area contributed by atoms with E-state index in [-0.39, 0.29) is 5.09 Å². The lowest BCUT2D eigenvalue weighted by Crippen LogP contribution is -2.13. The monoisotopic (exact) mass is 339 g/mol. The van der Waals surface area contributed by atoms with Gasteiger partial charge < -0.3 is 4.42 Å². The predicted molar refractivity (Wildman–Crippen MR) is 88.6 cm³/mol. The van der Waals surface area contributed by atoms with Crippen molar-refractivity contribution in [1.82, 2.24) is 4.98 Å². The van der Waals surface area contributed by atoms with Crippen molar-refractivity contribution in [3.05, 3.63) is 66.1 Å². The molecule has 0 saturated heterocycles. The number of rotatable bonds is 4. The lowest BCUT2D eigenvalue weighted by molar-refractivity contribution is 0.452. The average Bonchev–Trinajstić information content (AvgIpc) is 3.12. The number of aryl methyl sites for hydroxylation is 1. The molecule has 6 nitrogen and oxygen atoms in total. The van der Waals surface area contributed by atoms with Crippen molar-refractivity contribution in [1.29, 1.82) is 5.26 Å². The normalized spacial score (nSPS) is 11.0. The van der Waals surface area contributed by atoms with Crippen LogP contribution in [0.3, 0.4) is 0 Å². The van der Waals surface area contributed by atoms with Gasteiger partial charge in [-0.3, -0.25) is 9.71 Å². The van der Waals surface area contributed by atoms with Crippen LogP contribution in [0.1, 0.15) is 11.1 Å². The number of furan rings is 1. The molecule has 1 aromatic carbocycles. The van der Waals surface area contributed by atoms with Gasteiger partial charge in [0.15, 0.2) is 0 Å². The van der Waals surface area contributed by atoms with Gasteiger partial charge in [0.25, 0.3) is 10.0 Å². The van der Waals surface area contributed by atoms with Crippen molar-refractivity contribution < 1.29 is 12.8 Å². The quantitative estimate of drug-likeness (QED) is 0.786. The summed E-state index contributed by atoms with van der Waals surface area (Å²) in [5, 5.41) is 8.67. The van der Waals surface area contributed by atoms with Crippen molar-refractivity contribution >= 4 is 15.7 Å². The minimum atomic E-state index is -3.78. The van der Waals surface area contributed by atoms with E-state index in [1.165, 1.54) is 24.6 Å². The Hall–Kier alpha value is -3.11. The van der Waals surface area contributed by atoms with Gasteiger partial charge in [0, 0.05) is 11.8 Å². The molecule has 120 valence electrons. The summed E-state index contributed by atoms with van der Waals surface area (Å²) in [5.41, 5.74) is 3.05. The zero-order chi connectivity index (χ0) is 17.2. The number of hydrogen-bond donors (Lipinski definition) is 1. The van der Waals surface area contributed by atoms with E-state index in [1.807, 2.05) is 12.1 Å². The van der Waals surface area contributed by atoms with Crippen molar-refractivity contribution in [3.8, 4) is 17.3 Å². The number of benzene rings is 1. The summed E-state index contributed by atoms with van der Waals surface area (Å²) < 4.78 is 32.1. The Morgan fingerprint density at radius 2 is 2.04 bits per heavy atom. The SMILES string of the molecule is Cc1ccc(-c2ccc(C#N)cn2)cc1NS(=O)(=O)c1ccco1. The fourth-order valence-electron chi connectivity index (χ4n) is 2.13. The number of aromatic nitrogens is 1. The minimum Gasteiger partial charge on any atom is -0.451 e. The second kappa shape index (κ2) is 6.18. The molecule has 0 atom stereocenters. The predicted octanol–water partition coefficient (Wildman–Crippen LogP) is 3.32. The van der Waals surface area contributed by atoms with Gasteiger partial charge >= 0.3 is 0 Å². The Bertz CT molecular complexity index is 1000. The molecule has 0 bridgehead atoms. The maximum Gasteiger partial charge on any atom is 0.295 e. The molecule has 0 saturated carbocycles. The Morgan fingerprint density at radius 1 is 1.21 bits per heavy atom. The van der Waals surface area contributed by atoms with E-state index in [4.69, 9.17) is 9.68 Å². The highest BCUT2D eigenvalue weighted by molar-refractivity contribution is 7.92. The third kappa shape index (κ3) is 3.14. The summed E-state index contributed by atoms with van der Waals surface area (Å²) in [4.78, 5) is 4.22. The van der Waals surface area contributed by atoms with Crippen LogP contribution in [-0.4, -0.2) is 13.4 Å². The van der Waals surface area contributed by atoms with Crippen LogP contribution in [0.15, 0.2) is 64.4 Å². The fraction of sp³-hybridized carbons (Fsp3) is 0.0588. The Labute approximate surface area is 139 Å². The van der Waals surface area contributed by atoms with Crippen LogP contribution in [-0.2, 0) is 10.0 Å². The van der Waals surface area contributed by atoms with Crippen molar-refractivity contribution in [3.63, 3.8) is 0 Å². The van der Waals surface area contributed by atoms with Crippen LogP contribution < -0.4 is 4.72 Å². The first-order valence-corrected chi connectivity index (χ1v) is 8.51. The molecule has 1 N–H and O–H groups in total. The standard InChI is InChI=1S/C17H13N3O3S/c1-12-4-6-14(15-7-5-13(10-18)11-19-15)9-16(12)20-24(21,22)17-3-2-8-23-17/h2-9,11,20H,1H3. The van der Waals surface area contributed by atoms with Crippen LogP contribution in [0, 0.1) is 18.3 Å². The van der Waals surface area contributed by atoms with Gasteiger partial charge in [-0.25, -0.2) is 0 Å². The van der Waals surface area contributed by atoms with Crippen molar-refractivity contribution in [2.75, 3.05) is 4.72 Å². The third-order valence-electron chi connectivity index (χ3n) is 3.43. The second-order valence-electron chi connectivity index (χ2n) is 5.11. The van der Waals surface area contributed by atoms with E-state index in [2.05, 4.69) is 9.71 Å². The van der Waals surface area contributed by atoms with E-state index in [9.17, 15) is 8.42 Å². The van der Waals surface area contributed by atoms with Gasteiger partial charge in [-0.2, -0.15) is 13.7 Å². The first-order valence-electron chi connectivity index (χ1n) is 7.03. The number of sulfonamides is 1. The molecular weight excluding hydrogens is 326 g/mol. The molecule has 3 rings (SSSR count). The summed E-state index contributed by atoms with van der Waals surface area (Å²) in [5.74, 6) is 0. The van der Waals surface area contributed by atoms with E-state index in [0.717, 1.165) is 11.1 Å². The average molecular weight is 339 g/mol. The van der Waals surface area contributed by atoms with Crippen molar-refractivity contribution in [2.45, 2.75) is 12.0 Å². The molecule has 24 heavy (non-hydrogen) atoms. The van der Waals surface area contributed by atoms with Crippen LogP contribution >= 0.6 is 0 Å². The maximum atomic E-state index is 12.3. The summed E-state index contributed by atoms with van der Waals surface area (Å²) in [7, 11) is -3.78. The number of nitrogens with zero attached hydrogens (tertiary/aromatic N) is 2. The molecule has 0 unspecified atom stereocenters. The van der Waals surface area contributed by atoms with Crippen LogP contribution in [0.25, 0.3) is 11.3 Å². The number of anilines is 1. The zero-order valence-electron chi connectivity index (χ0n) is 12.7. The number of hydrogen-bond acceptors (Lipinski definition) is 5. The summed E-state index contributed by atoms with van der Waals surface area (Å²) in [6.45, 7) is 1.80. The van der Waals surface area contributed by atoms with E-state index in [1.54, 1.807) is 31.2 Å². The smallest absolute Gasteiger partial charge is 0.295 e. The molecule has 2 aromatic heterocycles. The molecule has 0 radical (unpaired) electrons. The van der Waals surface area contributed by atoms with Crippen molar-refractivity contribution in [2.24, 2.45) is 0 Å². The fourth-order valence-corrected chi connectivity index (χ4v) is 3.18. The highest BCUT2D eigenvalue weighted by Gasteiger charge is 2.18. The maximum absolute atomic E-state index is 12.3. The van der Waals surface area contributed by atoms with Crippen LogP contribution in [0.4, 0.5) is 5.69 Å². The first kappa shape index (κ1) is 15.8. The van der Waals surface area contributed by atoms with Gasteiger partial charge in [0.2, 0.25) is 5.09 Å². The molecule has 0 aliphatic rings. The Kier molecular flexibility index (Phi) is 4.06. The number of nitrogens with one attached hydrogen (secondary N) is 1. The van der Waals surface area contributed by atoms with Gasteiger partial charge in [-0.15, -0.1) is 0 Å². The number of nitriles is 1. The Morgan fingerprint density at radius 3 is 2.67 bits per heavy atom.